The summed E-state index contributed by atoms with van der Waals surface area (Å²) < 4.78 is 16.3. The quantitative estimate of drug-likeness (QED) is 0.845. The van der Waals surface area contributed by atoms with Crippen molar-refractivity contribution in [1.29, 1.82) is 0 Å². The monoisotopic (exact) mass is 268 g/mol. The lowest BCUT2D eigenvalue weighted by Crippen LogP contribution is -2.10. The minimum absolute atomic E-state index is 0.125. The fourth-order valence-electron chi connectivity index (χ4n) is 2.01. The number of halogens is 1. The molecular weight excluding hydrogens is 256 g/mol. The van der Waals surface area contributed by atoms with E-state index < -0.39 is 0 Å². The molecule has 1 aromatic carbocycles. The molecule has 6 heteroatoms. The highest BCUT2D eigenvalue weighted by Crippen LogP contribution is 2.40. The molecule has 0 amide bonds. The Morgan fingerprint density at radius 3 is 2.83 bits per heavy atom. The van der Waals surface area contributed by atoms with E-state index >= 15 is 0 Å². The van der Waals surface area contributed by atoms with Crippen molar-refractivity contribution in [1.82, 2.24) is 0 Å². The minimum Gasteiger partial charge on any atom is -0.489 e. The van der Waals surface area contributed by atoms with Crippen LogP contribution in [0.25, 0.3) is 0 Å². The van der Waals surface area contributed by atoms with Crippen LogP contribution in [0.3, 0.4) is 0 Å². The number of hydrogen-bond donors (Lipinski definition) is 1. The highest BCUT2D eigenvalue weighted by Gasteiger charge is 2.23. The lowest BCUT2D eigenvalue weighted by Gasteiger charge is -2.13. The SMILES string of the molecule is NC1=NC(c2cc(Cl)c3c(c2)OCCCO3)CO1. The van der Waals surface area contributed by atoms with Gasteiger partial charge in [0, 0.05) is 6.42 Å². The molecule has 0 radical (unpaired) electrons. The second-order valence-corrected chi connectivity index (χ2v) is 4.58. The van der Waals surface area contributed by atoms with Gasteiger partial charge in [0.1, 0.15) is 12.6 Å². The van der Waals surface area contributed by atoms with E-state index in [0.29, 0.717) is 36.3 Å². The third kappa shape index (κ3) is 2.06. The van der Waals surface area contributed by atoms with Crippen LogP contribution in [0, 0.1) is 0 Å². The van der Waals surface area contributed by atoms with Gasteiger partial charge in [-0.2, -0.15) is 0 Å². The second-order valence-electron chi connectivity index (χ2n) is 4.17. The number of nitrogens with two attached hydrogens (primary N) is 1. The Kier molecular flexibility index (Phi) is 2.91. The number of amidine groups is 1. The Hall–Kier alpha value is -1.62. The number of fused-ring (bicyclic) bond motifs is 1. The molecule has 2 aliphatic rings. The third-order valence-electron chi connectivity index (χ3n) is 2.88. The molecule has 0 spiro atoms. The molecular formula is C12H13ClN2O3. The van der Waals surface area contributed by atoms with E-state index in [4.69, 9.17) is 31.5 Å². The molecule has 0 saturated heterocycles. The van der Waals surface area contributed by atoms with Gasteiger partial charge in [-0.3, -0.25) is 0 Å². The zero-order chi connectivity index (χ0) is 12.5. The van der Waals surface area contributed by atoms with Crippen molar-refractivity contribution in [3.63, 3.8) is 0 Å². The molecule has 2 aliphatic heterocycles. The molecule has 18 heavy (non-hydrogen) atoms. The Labute approximate surface area is 109 Å². The van der Waals surface area contributed by atoms with Gasteiger partial charge in [0.15, 0.2) is 11.5 Å². The fraction of sp³-hybridized carbons (Fsp3) is 0.417. The van der Waals surface area contributed by atoms with Crippen molar-refractivity contribution in [2.75, 3.05) is 19.8 Å². The van der Waals surface area contributed by atoms with Crippen molar-refractivity contribution >= 4 is 17.6 Å². The van der Waals surface area contributed by atoms with Crippen LogP contribution in [0.2, 0.25) is 5.02 Å². The number of hydrogen-bond acceptors (Lipinski definition) is 5. The topological polar surface area (TPSA) is 66.1 Å². The molecule has 2 heterocycles. The largest absolute Gasteiger partial charge is 0.489 e. The van der Waals surface area contributed by atoms with Gasteiger partial charge >= 0.3 is 0 Å². The minimum atomic E-state index is -0.125. The molecule has 0 bridgehead atoms. The van der Waals surface area contributed by atoms with Crippen molar-refractivity contribution in [2.24, 2.45) is 10.7 Å². The second kappa shape index (κ2) is 4.57. The molecule has 0 aliphatic carbocycles. The van der Waals surface area contributed by atoms with Gasteiger partial charge in [-0.1, -0.05) is 11.6 Å². The molecule has 0 saturated carbocycles. The zero-order valence-electron chi connectivity index (χ0n) is 9.69. The predicted molar refractivity (Wildman–Crippen MR) is 67.4 cm³/mol. The molecule has 1 unspecified atom stereocenters. The average Bonchev–Trinajstić information content (AvgIpc) is 2.63. The number of nitrogens with zero attached hydrogens (tertiary/aromatic N) is 1. The van der Waals surface area contributed by atoms with E-state index in [-0.39, 0.29) is 12.1 Å². The van der Waals surface area contributed by atoms with Crippen LogP contribution in [-0.2, 0) is 4.74 Å². The standard InChI is InChI=1S/C12H13ClN2O3/c13-8-4-7(9-6-18-12(14)15-9)5-10-11(8)17-3-1-2-16-10/h4-5,9H,1-3,6H2,(H2,14,15). The first kappa shape index (κ1) is 11.5. The fourth-order valence-corrected chi connectivity index (χ4v) is 2.28. The van der Waals surface area contributed by atoms with Crippen LogP contribution in [0.1, 0.15) is 18.0 Å². The van der Waals surface area contributed by atoms with Crippen LogP contribution < -0.4 is 15.2 Å². The van der Waals surface area contributed by atoms with E-state index in [0.717, 1.165) is 12.0 Å². The van der Waals surface area contributed by atoms with Crippen LogP contribution in [0.15, 0.2) is 17.1 Å². The summed E-state index contributed by atoms with van der Waals surface area (Å²) in [6.07, 6.45) is 0.845. The molecule has 3 rings (SSSR count). The number of aliphatic imine (C=N–C) groups is 1. The van der Waals surface area contributed by atoms with Crippen molar-refractivity contribution in [2.45, 2.75) is 12.5 Å². The van der Waals surface area contributed by atoms with Crippen LogP contribution in [0.4, 0.5) is 0 Å². The van der Waals surface area contributed by atoms with Gasteiger partial charge in [-0.05, 0) is 17.7 Å². The van der Waals surface area contributed by atoms with Crippen LogP contribution in [0.5, 0.6) is 11.5 Å². The van der Waals surface area contributed by atoms with Crippen LogP contribution >= 0.6 is 11.6 Å². The van der Waals surface area contributed by atoms with E-state index in [9.17, 15) is 0 Å². The van der Waals surface area contributed by atoms with Gasteiger partial charge in [-0.25, -0.2) is 4.99 Å². The Morgan fingerprint density at radius 1 is 1.22 bits per heavy atom. The summed E-state index contributed by atoms with van der Waals surface area (Å²) in [6.45, 7) is 1.67. The molecule has 1 atom stereocenters. The molecule has 1 aromatic rings. The van der Waals surface area contributed by atoms with E-state index in [1.165, 1.54) is 0 Å². The molecule has 0 fully saturated rings. The maximum absolute atomic E-state index is 6.21. The maximum Gasteiger partial charge on any atom is 0.282 e. The van der Waals surface area contributed by atoms with Gasteiger partial charge in [0.2, 0.25) is 0 Å². The predicted octanol–water partition coefficient (Wildman–Crippen LogP) is 1.89. The van der Waals surface area contributed by atoms with Crippen molar-refractivity contribution < 1.29 is 14.2 Å². The molecule has 5 nitrogen and oxygen atoms in total. The highest BCUT2D eigenvalue weighted by atomic mass is 35.5. The summed E-state index contributed by atoms with van der Waals surface area (Å²) in [7, 11) is 0. The highest BCUT2D eigenvalue weighted by molar-refractivity contribution is 6.32. The summed E-state index contributed by atoms with van der Waals surface area (Å²) in [5.74, 6) is 1.27. The number of rotatable bonds is 1. The molecule has 96 valence electrons. The summed E-state index contributed by atoms with van der Waals surface area (Å²) in [5.41, 5.74) is 6.42. The van der Waals surface area contributed by atoms with E-state index in [1.54, 1.807) is 0 Å². The van der Waals surface area contributed by atoms with Crippen molar-refractivity contribution in [3.05, 3.63) is 22.7 Å². The first-order valence-electron chi connectivity index (χ1n) is 5.79. The Bertz CT molecular complexity index is 504. The normalized spacial score (nSPS) is 22.1. The first-order chi connectivity index (χ1) is 8.74. The average molecular weight is 269 g/mol. The van der Waals surface area contributed by atoms with Gasteiger partial charge in [0.05, 0.1) is 18.2 Å². The molecule has 0 aromatic heterocycles. The third-order valence-corrected chi connectivity index (χ3v) is 3.16. The summed E-state index contributed by atoms with van der Waals surface area (Å²) in [4.78, 5) is 4.19. The lowest BCUT2D eigenvalue weighted by atomic mass is 10.1. The Balaban J connectivity index is 1.97. The van der Waals surface area contributed by atoms with Gasteiger partial charge < -0.3 is 19.9 Å². The summed E-state index contributed by atoms with van der Waals surface area (Å²) >= 11 is 6.21. The summed E-state index contributed by atoms with van der Waals surface area (Å²) in [5, 5.41) is 0.532. The Morgan fingerprint density at radius 2 is 2.06 bits per heavy atom. The molecule has 2 N–H and O–H groups in total. The zero-order valence-corrected chi connectivity index (χ0v) is 10.4. The summed E-state index contributed by atoms with van der Waals surface area (Å²) in [6, 6.07) is 3.80. The van der Waals surface area contributed by atoms with E-state index in [1.807, 2.05) is 12.1 Å². The number of benzene rings is 1. The lowest BCUT2D eigenvalue weighted by molar-refractivity contribution is 0.296. The van der Waals surface area contributed by atoms with Crippen LogP contribution in [-0.4, -0.2) is 25.8 Å². The first-order valence-corrected chi connectivity index (χ1v) is 6.17. The van der Waals surface area contributed by atoms with Crippen molar-refractivity contribution in [3.8, 4) is 11.5 Å². The van der Waals surface area contributed by atoms with Gasteiger partial charge in [0.25, 0.3) is 6.02 Å². The smallest absolute Gasteiger partial charge is 0.282 e. The number of ether oxygens (including phenoxy) is 3. The maximum atomic E-state index is 6.21. The van der Waals surface area contributed by atoms with E-state index in [2.05, 4.69) is 4.99 Å². The van der Waals surface area contributed by atoms with Gasteiger partial charge in [-0.15, -0.1) is 0 Å².